The van der Waals surface area contributed by atoms with Crippen molar-refractivity contribution in [2.45, 2.75) is 26.8 Å². The molecule has 0 aliphatic heterocycles. The van der Waals surface area contributed by atoms with E-state index >= 15 is 0 Å². The molecule has 0 aliphatic carbocycles. The van der Waals surface area contributed by atoms with Crippen LogP contribution in [0.1, 0.15) is 18.2 Å². The van der Waals surface area contributed by atoms with Crippen LogP contribution >= 0.6 is 0 Å². The summed E-state index contributed by atoms with van der Waals surface area (Å²) >= 11 is 0. The third-order valence-corrected chi connectivity index (χ3v) is 4.49. The molecule has 0 aliphatic rings. The summed E-state index contributed by atoms with van der Waals surface area (Å²) in [5, 5.41) is 11.6. The number of hydrogen-bond acceptors (Lipinski definition) is 7. The van der Waals surface area contributed by atoms with E-state index in [1.54, 1.807) is 10.9 Å². The van der Waals surface area contributed by atoms with Gasteiger partial charge in [-0.25, -0.2) is 4.98 Å². The van der Waals surface area contributed by atoms with Crippen LogP contribution in [-0.2, 0) is 6.54 Å². The number of anilines is 1. The highest BCUT2D eigenvalue weighted by molar-refractivity contribution is 5.59. The summed E-state index contributed by atoms with van der Waals surface area (Å²) in [6.45, 7) is 5.23. The molecule has 166 valence electrons. The maximum Gasteiger partial charge on any atom is 0.573 e. The largest absolute Gasteiger partial charge is 0.573 e. The van der Waals surface area contributed by atoms with Gasteiger partial charge in [0.25, 0.3) is 5.89 Å². The molecule has 8 nitrogen and oxygen atoms in total. The maximum atomic E-state index is 12.3. The lowest BCUT2D eigenvalue weighted by Crippen LogP contribution is -2.16. The van der Waals surface area contributed by atoms with Crippen molar-refractivity contribution in [1.82, 2.24) is 24.9 Å². The quantitative estimate of drug-likeness (QED) is 0.442. The molecule has 0 bridgehead atoms. The molecule has 4 rings (SSSR count). The van der Waals surface area contributed by atoms with Crippen LogP contribution in [-0.4, -0.2) is 37.8 Å². The second-order valence-corrected chi connectivity index (χ2v) is 6.91. The normalized spacial score (nSPS) is 11.5. The Kier molecular flexibility index (Phi) is 5.80. The van der Waals surface area contributed by atoms with Crippen LogP contribution < -0.4 is 10.1 Å². The summed E-state index contributed by atoms with van der Waals surface area (Å²) in [6, 6.07) is 10.9. The number of rotatable bonds is 7. The van der Waals surface area contributed by atoms with Crippen molar-refractivity contribution >= 4 is 5.82 Å². The third-order valence-electron chi connectivity index (χ3n) is 4.49. The molecule has 0 spiro atoms. The van der Waals surface area contributed by atoms with Gasteiger partial charge in [0.2, 0.25) is 5.82 Å². The molecule has 32 heavy (non-hydrogen) atoms. The number of aromatic nitrogens is 5. The van der Waals surface area contributed by atoms with Crippen molar-refractivity contribution in [1.29, 1.82) is 0 Å². The van der Waals surface area contributed by atoms with Crippen molar-refractivity contribution in [3.8, 4) is 28.7 Å². The van der Waals surface area contributed by atoms with Crippen LogP contribution in [0, 0.1) is 6.92 Å². The maximum absolute atomic E-state index is 12.3. The molecule has 3 heterocycles. The van der Waals surface area contributed by atoms with E-state index in [-0.39, 0.29) is 17.5 Å². The summed E-state index contributed by atoms with van der Waals surface area (Å²) in [5.41, 5.74) is 2.86. The van der Waals surface area contributed by atoms with Gasteiger partial charge in [0, 0.05) is 24.0 Å². The highest BCUT2D eigenvalue weighted by atomic mass is 19.4. The van der Waals surface area contributed by atoms with E-state index in [1.807, 2.05) is 32.0 Å². The summed E-state index contributed by atoms with van der Waals surface area (Å²) < 4.78 is 47.9. The topological polar surface area (TPSA) is 90.9 Å². The fourth-order valence-electron chi connectivity index (χ4n) is 3.00. The molecule has 0 amide bonds. The number of nitrogens with zero attached hydrogens (tertiary/aromatic N) is 5. The van der Waals surface area contributed by atoms with E-state index in [4.69, 9.17) is 4.52 Å². The van der Waals surface area contributed by atoms with Crippen molar-refractivity contribution < 1.29 is 22.4 Å². The molecule has 1 aromatic carbocycles. The van der Waals surface area contributed by atoms with Crippen LogP contribution in [0.2, 0.25) is 0 Å². The number of nitrogens with one attached hydrogen (secondary N) is 1. The van der Waals surface area contributed by atoms with Crippen molar-refractivity contribution in [2.75, 3.05) is 11.9 Å². The number of aryl methyl sites for hydroxylation is 1. The molecular weight excluding hydrogens is 425 g/mol. The molecule has 0 fully saturated rings. The molecule has 4 aromatic rings. The van der Waals surface area contributed by atoms with E-state index in [0.717, 1.165) is 23.6 Å². The Hall–Kier alpha value is -3.89. The zero-order chi connectivity index (χ0) is 22.7. The Bertz CT molecular complexity index is 1180. The van der Waals surface area contributed by atoms with Gasteiger partial charge >= 0.3 is 6.36 Å². The van der Waals surface area contributed by atoms with Crippen molar-refractivity contribution in [3.05, 3.63) is 59.9 Å². The first-order valence-electron chi connectivity index (χ1n) is 9.74. The Morgan fingerprint density at radius 1 is 1.12 bits per heavy atom. The predicted molar refractivity (Wildman–Crippen MR) is 110 cm³/mol. The molecule has 3 aromatic heterocycles. The van der Waals surface area contributed by atoms with E-state index in [9.17, 15) is 13.2 Å². The highest BCUT2D eigenvalue weighted by Gasteiger charge is 2.31. The van der Waals surface area contributed by atoms with Gasteiger partial charge in [-0.05, 0) is 55.8 Å². The minimum atomic E-state index is -4.75. The Morgan fingerprint density at radius 2 is 1.91 bits per heavy atom. The van der Waals surface area contributed by atoms with E-state index in [0.29, 0.717) is 17.8 Å². The highest BCUT2D eigenvalue weighted by Crippen LogP contribution is 2.27. The summed E-state index contributed by atoms with van der Waals surface area (Å²) in [6.07, 6.45) is -2.96. The van der Waals surface area contributed by atoms with Crippen molar-refractivity contribution in [3.63, 3.8) is 0 Å². The number of hydrogen-bond donors (Lipinski definition) is 1. The average molecular weight is 444 g/mol. The van der Waals surface area contributed by atoms with E-state index in [2.05, 4.69) is 30.3 Å². The number of ether oxygens (including phenoxy) is 1. The molecule has 0 radical (unpaired) electrons. The summed E-state index contributed by atoms with van der Waals surface area (Å²) in [4.78, 5) is 8.67. The molecule has 1 N–H and O–H groups in total. The lowest BCUT2D eigenvalue weighted by atomic mass is 10.2. The fraction of sp³-hybridized carbons (Fsp3) is 0.238. The number of benzene rings is 1. The number of halogens is 3. The van der Waals surface area contributed by atoms with Crippen molar-refractivity contribution in [2.24, 2.45) is 0 Å². The molecule has 0 atom stereocenters. The first-order chi connectivity index (χ1) is 15.3. The summed E-state index contributed by atoms with van der Waals surface area (Å²) in [7, 11) is 0. The second kappa shape index (κ2) is 8.69. The van der Waals surface area contributed by atoms with Gasteiger partial charge in [-0.1, -0.05) is 11.2 Å². The standard InChI is InChI=1S/C21H19F3N6O2/c1-3-25-18-9-4-14(11-26-18)12-30-13(2)10-17(28-30)20-27-19(29-32-20)15-5-7-16(8-6-15)31-21(22,23)24/h4-11H,3,12H2,1-2H3,(H,25,26). The minimum absolute atomic E-state index is 0.207. The second-order valence-electron chi connectivity index (χ2n) is 6.91. The lowest BCUT2D eigenvalue weighted by molar-refractivity contribution is -0.274. The monoisotopic (exact) mass is 444 g/mol. The van der Waals surface area contributed by atoms with Gasteiger partial charge < -0.3 is 14.6 Å². The number of alkyl halides is 3. The molecule has 0 saturated carbocycles. The molecule has 0 unspecified atom stereocenters. The first-order valence-corrected chi connectivity index (χ1v) is 9.74. The molecular formula is C21H19F3N6O2. The average Bonchev–Trinajstić information content (AvgIpc) is 3.37. The Labute approximate surface area is 181 Å². The molecule has 0 saturated heterocycles. The summed E-state index contributed by atoms with van der Waals surface area (Å²) in [5.74, 6) is 0.921. The van der Waals surface area contributed by atoms with Gasteiger partial charge in [-0.15, -0.1) is 13.2 Å². The van der Waals surface area contributed by atoms with Crippen LogP contribution in [0.5, 0.6) is 5.75 Å². The minimum Gasteiger partial charge on any atom is -0.406 e. The number of pyridine rings is 1. The van der Waals surface area contributed by atoms with Crippen LogP contribution in [0.3, 0.4) is 0 Å². The van der Waals surface area contributed by atoms with Crippen LogP contribution in [0.25, 0.3) is 23.0 Å². The van der Waals surface area contributed by atoms with Crippen LogP contribution in [0.4, 0.5) is 19.0 Å². The Morgan fingerprint density at radius 3 is 2.56 bits per heavy atom. The van der Waals surface area contributed by atoms with Gasteiger partial charge in [0.15, 0.2) is 5.69 Å². The van der Waals surface area contributed by atoms with E-state index < -0.39 is 6.36 Å². The lowest BCUT2D eigenvalue weighted by Gasteiger charge is -2.08. The zero-order valence-electron chi connectivity index (χ0n) is 17.2. The van der Waals surface area contributed by atoms with Gasteiger partial charge in [0.1, 0.15) is 11.6 Å². The Balaban J connectivity index is 1.48. The molecule has 11 heteroatoms. The fourth-order valence-corrected chi connectivity index (χ4v) is 3.00. The first kappa shape index (κ1) is 21.3. The predicted octanol–water partition coefficient (Wildman–Crippen LogP) is 4.68. The third kappa shape index (κ3) is 5.05. The van der Waals surface area contributed by atoms with Crippen LogP contribution in [0.15, 0.2) is 53.2 Å². The van der Waals surface area contributed by atoms with Gasteiger partial charge in [-0.2, -0.15) is 10.1 Å². The van der Waals surface area contributed by atoms with Gasteiger partial charge in [-0.3, -0.25) is 4.68 Å². The SMILES string of the molecule is CCNc1ccc(Cn2nc(-c3nc(-c4ccc(OC(F)(F)F)cc4)no3)cc2C)cn1. The van der Waals surface area contributed by atoms with E-state index in [1.165, 1.54) is 24.3 Å². The van der Waals surface area contributed by atoms with Gasteiger partial charge in [0.05, 0.1) is 6.54 Å². The smallest absolute Gasteiger partial charge is 0.406 e. The zero-order valence-corrected chi connectivity index (χ0v) is 17.2.